The fourth-order valence-electron chi connectivity index (χ4n) is 4.25. The number of benzene rings is 2. The molecule has 0 bridgehead atoms. The smallest absolute Gasteiger partial charge is 0.261 e. The largest absolute Gasteiger partial charge is 0.405 e. The first kappa shape index (κ1) is 23.2. The molecular weight excluding hydrogens is 392 g/mol. The molecule has 164 valence electrons. The van der Waals surface area contributed by atoms with Crippen molar-refractivity contribution in [2.45, 2.75) is 64.6 Å². The second-order valence-corrected chi connectivity index (χ2v) is 13.1. The van der Waals surface area contributed by atoms with Gasteiger partial charge in [-0.05, 0) is 29.3 Å². The third-order valence-corrected chi connectivity index (χ3v) is 10.7. The van der Waals surface area contributed by atoms with E-state index >= 15 is 0 Å². The van der Waals surface area contributed by atoms with Crippen LogP contribution in [0.15, 0.2) is 60.7 Å². The highest BCUT2D eigenvalue weighted by Gasteiger charge is 2.52. The Balaban J connectivity index is 1.80. The third kappa shape index (κ3) is 5.21. The molecule has 0 amide bonds. The van der Waals surface area contributed by atoms with E-state index in [9.17, 15) is 0 Å². The highest BCUT2D eigenvalue weighted by molar-refractivity contribution is 6.99. The Morgan fingerprint density at radius 2 is 1.33 bits per heavy atom. The predicted molar refractivity (Wildman–Crippen MR) is 124 cm³/mol. The second-order valence-electron chi connectivity index (χ2n) is 8.76. The minimum atomic E-state index is -2.51. The van der Waals surface area contributed by atoms with Crippen LogP contribution in [0.5, 0.6) is 0 Å². The summed E-state index contributed by atoms with van der Waals surface area (Å²) in [6.07, 6.45) is 0.764. The number of hydrogen-bond acceptors (Lipinski definition) is 4. The van der Waals surface area contributed by atoms with Gasteiger partial charge in [-0.2, -0.15) is 0 Å². The zero-order valence-corrected chi connectivity index (χ0v) is 20.0. The van der Waals surface area contributed by atoms with Crippen LogP contribution in [0.3, 0.4) is 0 Å². The Morgan fingerprint density at radius 1 is 0.833 bits per heavy atom. The minimum absolute atomic E-state index is 0.0285. The van der Waals surface area contributed by atoms with Gasteiger partial charge in [-0.1, -0.05) is 81.4 Å². The summed E-state index contributed by atoms with van der Waals surface area (Å²) in [7, 11) is -2.51. The molecule has 0 saturated carbocycles. The van der Waals surface area contributed by atoms with Gasteiger partial charge in [0.25, 0.3) is 8.32 Å². The molecule has 0 aromatic heterocycles. The van der Waals surface area contributed by atoms with Crippen molar-refractivity contribution in [3.63, 3.8) is 0 Å². The van der Waals surface area contributed by atoms with E-state index < -0.39 is 8.32 Å². The van der Waals surface area contributed by atoms with Gasteiger partial charge in [0.05, 0.1) is 12.7 Å². The molecule has 1 aliphatic heterocycles. The molecule has 30 heavy (non-hydrogen) atoms. The van der Waals surface area contributed by atoms with E-state index in [4.69, 9.17) is 18.6 Å². The first-order chi connectivity index (χ1) is 14.4. The van der Waals surface area contributed by atoms with Crippen LogP contribution in [-0.2, 0) is 18.6 Å². The Bertz CT molecular complexity index is 714. The Labute approximate surface area is 182 Å². The lowest BCUT2D eigenvalue weighted by molar-refractivity contribution is -0.141. The first-order valence-corrected chi connectivity index (χ1v) is 13.0. The maximum Gasteiger partial charge on any atom is 0.261 e. The number of hydrogen-bond donors (Lipinski definition) is 0. The zero-order chi connectivity index (χ0) is 21.6. The molecule has 4 nitrogen and oxygen atoms in total. The van der Waals surface area contributed by atoms with E-state index in [2.05, 4.69) is 81.4 Å². The van der Waals surface area contributed by atoms with E-state index in [0.29, 0.717) is 19.8 Å². The molecule has 1 aliphatic rings. The van der Waals surface area contributed by atoms with Crippen molar-refractivity contribution in [1.29, 1.82) is 0 Å². The highest BCUT2D eigenvalue weighted by Crippen LogP contribution is 2.38. The Kier molecular flexibility index (Phi) is 7.88. The van der Waals surface area contributed by atoms with E-state index in [0.717, 1.165) is 6.42 Å². The highest BCUT2D eigenvalue weighted by atomic mass is 28.4. The van der Waals surface area contributed by atoms with Crippen molar-refractivity contribution >= 4 is 18.7 Å². The summed E-state index contributed by atoms with van der Waals surface area (Å²) in [5.41, 5.74) is 0. The third-order valence-electron chi connectivity index (χ3n) is 5.70. The molecule has 0 aliphatic carbocycles. The maximum atomic E-state index is 6.95. The molecule has 0 spiro atoms. The Morgan fingerprint density at radius 3 is 1.77 bits per heavy atom. The fourth-order valence-corrected chi connectivity index (χ4v) is 8.82. The van der Waals surface area contributed by atoms with Crippen molar-refractivity contribution < 1.29 is 18.6 Å². The van der Waals surface area contributed by atoms with Crippen LogP contribution in [0.2, 0.25) is 5.04 Å². The summed E-state index contributed by atoms with van der Waals surface area (Å²) in [5.74, 6) is 0. The van der Waals surface area contributed by atoms with Crippen LogP contribution < -0.4 is 10.4 Å². The topological polar surface area (TPSA) is 40.2 Å². The molecule has 1 unspecified atom stereocenters. The van der Waals surface area contributed by atoms with Crippen LogP contribution >= 0.6 is 0 Å². The van der Waals surface area contributed by atoms with Gasteiger partial charge in [-0.3, -0.25) is 0 Å². The first-order valence-electron chi connectivity index (χ1n) is 11.1. The summed E-state index contributed by atoms with van der Waals surface area (Å²) >= 11 is 0. The quantitative estimate of drug-likeness (QED) is 0.307. The molecule has 2 atom stereocenters. The van der Waals surface area contributed by atoms with Crippen molar-refractivity contribution in [2.24, 2.45) is 0 Å². The lowest BCUT2D eigenvalue weighted by Gasteiger charge is -2.43. The Hall–Kier alpha value is -1.50. The van der Waals surface area contributed by atoms with E-state index in [-0.39, 0.29) is 23.5 Å². The molecule has 1 saturated heterocycles. The van der Waals surface area contributed by atoms with Crippen LogP contribution in [0.25, 0.3) is 0 Å². The van der Waals surface area contributed by atoms with Gasteiger partial charge in [-0.15, -0.1) is 0 Å². The molecule has 1 fully saturated rings. The van der Waals surface area contributed by atoms with Gasteiger partial charge in [0.1, 0.15) is 6.10 Å². The van der Waals surface area contributed by atoms with Crippen LogP contribution in [0.1, 0.15) is 41.0 Å². The van der Waals surface area contributed by atoms with E-state index in [1.54, 1.807) is 0 Å². The van der Waals surface area contributed by atoms with Gasteiger partial charge in [0.2, 0.25) is 0 Å². The minimum Gasteiger partial charge on any atom is -0.405 e. The monoisotopic (exact) mass is 428 g/mol. The molecule has 3 rings (SSSR count). The van der Waals surface area contributed by atoms with E-state index in [1.807, 2.05) is 13.8 Å². The average molecular weight is 429 g/mol. The zero-order valence-electron chi connectivity index (χ0n) is 19.0. The average Bonchev–Trinajstić information content (AvgIpc) is 3.47. The summed E-state index contributed by atoms with van der Waals surface area (Å²) in [6.45, 7) is 12.7. The molecule has 0 radical (unpaired) electrons. The second kappa shape index (κ2) is 10.2. The van der Waals surface area contributed by atoms with Gasteiger partial charge >= 0.3 is 0 Å². The predicted octanol–water partition coefficient (Wildman–Crippen LogP) is 4.12. The lowest BCUT2D eigenvalue weighted by atomic mass is 10.2. The fraction of sp³-hybridized carbons (Fsp3) is 0.520. The van der Waals surface area contributed by atoms with Gasteiger partial charge in [-0.25, -0.2) is 0 Å². The standard InChI is InChI=1S/C25H36O4Si/c1-6-26-24(27-7-2)18-22-23(29-22)19-28-30(25(3,4)5,20-14-10-8-11-15-20)21-16-12-9-13-17-21/h8-17,22-24H,6-7,18-19H2,1-5H3/t22-,23?/m0/s1. The van der Waals surface area contributed by atoms with Crippen molar-refractivity contribution in [3.05, 3.63) is 60.7 Å². The van der Waals surface area contributed by atoms with Crippen LogP contribution in [-0.4, -0.2) is 46.6 Å². The number of epoxide rings is 1. The summed E-state index contributed by atoms with van der Waals surface area (Å²) in [6, 6.07) is 21.5. The van der Waals surface area contributed by atoms with Crippen LogP contribution in [0.4, 0.5) is 0 Å². The van der Waals surface area contributed by atoms with Crippen molar-refractivity contribution in [3.8, 4) is 0 Å². The van der Waals surface area contributed by atoms with Crippen molar-refractivity contribution in [1.82, 2.24) is 0 Å². The van der Waals surface area contributed by atoms with E-state index in [1.165, 1.54) is 10.4 Å². The van der Waals surface area contributed by atoms with Gasteiger partial charge < -0.3 is 18.6 Å². The normalized spacial score (nSPS) is 19.3. The molecule has 5 heteroatoms. The van der Waals surface area contributed by atoms with Gasteiger partial charge in [0.15, 0.2) is 6.29 Å². The SMILES string of the molecule is CCOC(C[C@@H]1OC1CO[Si](c1ccccc1)(c1ccccc1)C(C)(C)C)OCC. The molecular formula is C25H36O4Si. The number of rotatable bonds is 11. The number of ether oxygens (including phenoxy) is 3. The lowest BCUT2D eigenvalue weighted by Crippen LogP contribution is -2.66. The molecule has 2 aromatic carbocycles. The summed E-state index contributed by atoms with van der Waals surface area (Å²) in [4.78, 5) is 0. The summed E-state index contributed by atoms with van der Waals surface area (Å²) < 4.78 is 24.3. The maximum absolute atomic E-state index is 6.95. The summed E-state index contributed by atoms with van der Waals surface area (Å²) in [5, 5.41) is 2.56. The van der Waals surface area contributed by atoms with Crippen molar-refractivity contribution in [2.75, 3.05) is 19.8 Å². The van der Waals surface area contributed by atoms with Gasteiger partial charge in [0, 0.05) is 19.6 Å². The van der Waals surface area contributed by atoms with Crippen LogP contribution in [0, 0.1) is 0 Å². The molecule has 0 N–H and O–H groups in total. The molecule has 2 aromatic rings. The molecule has 1 heterocycles.